The second-order valence-corrected chi connectivity index (χ2v) is 9.33. The summed E-state index contributed by atoms with van der Waals surface area (Å²) in [6.45, 7) is 2.00. The Bertz CT molecular complexity index is 1080. The van der Waals surface area contributed by atoms with Crippen LogP contribution >= 0.6 is 0 Å². The summed E-state index contributed by atoms with van der Waals surface area (Å²) in [6, 6.07) is 6.65. The summed E-state index contributed by atoms with van der Waals surface area (Å²) in [6.07, 6.45) is 17.4. The number of carboxylic acid groups (broad SMARTS) is 1. The van der Waals surface area contributed by atoms with Crippen LogP contribution in [0.5, 0.6) is 0 Å². The number of pyridine rings is 1. The number of aromatic nitrogens is 3. The van der Waals surface area contributed by atoms with E-state index in [2.05, 4.69) is 38.7 Å². The molecule has 2 aromatic heterocycles. The Balaban J connectivity index is 1.33. The molecule has 1 fully saturated rings. The molecule has 0 aromatic carbocycles. The standard InChI is InChI=1S/C26H30N4O2/c1-16-5-2-10-23(28-16)25-21(15-27-30-25)22-12-11-17-6-3-8-19(14-24(17)29-22)18-7-4-9-20(13-18)26(31)32/h2-7,9-10,15,17-19,22,24,29H,8,11-14H2,1H3,(H,27,30)(H,31,32). The number of aliphatic carboxylic acids is 1. The SMILES string of the molecule is Cc1cccc(-c2n[nH]cc2C2CCC3C=CCC(C4C=CC=C(C(=O)O)C4)CC3N2)n1. The first-order valence-electron chi connectivity index (χ1n) is 11.6. The molecule has 3 N–H and O–H groups in total. The van der Waals surface area contributed by atoms with E-state index >= 15 is 0 Å². The molecule has 0 amide bonds. The number of rotatable bonds is 4. The van der Waals surface area contributed by atoms with Crippen LogP contribution in [0.2, 0.25) is 0 Å². The van der Waals surface area contributed by atoms with Gasteiger partial charge in [0, 0.05) is 35.1 Å². The van der Waals surface area contributed by atoms with E-state index in [1.807, 2.05) is 37.4 Å². The van der Waals surface area contributed by atoms with Crippen molar-refractivity contribution in [2.24, 2.45) is 17.8 Å². The smallest absolute Gasteiger partial charge is 0.331 e. The number of aryl methyl sites for hydroxylation is 1. The molecule has 3 heterocycles. The molecule has 5 rings (SSSR count). The Labute approximate surface area is 188 Å². The molecule has 0 spiro atoms. The van der Waals surface area contributed by atoms with Gasteiger partial charge in [0.05, 0.1) is 5.69 Å². The average molecular weight is 431 g/mol. The minimum Gasteiger partial charge on any atom is -0.478 e. The first kappa shape index (κ1) is 20.9. The Hall–Kier alpha value is -2.99. The summed E-state index contributed by atoms with van der Waals surface area (Å²) >= 11 is 0. The van der Waals surface area contributed by atoms with Gasteiger partial charge in [-0.3, -0.25) is 10.1 Å². The van der Waals surface area contributed by atoms with Gasteiger partial charge in [-0.25, -0.2) is 4.79 Å². The maximum absolute atomic E-state index is 11.5. The lowest BCUT2D eigenvalue weighted by atomic mass is 9.76. The number of fused-ring (bicyclic) bond motifs is 1. The minimum atomic E-state index is -0.797. The number of hydrogen-bond acceptors (Lipinski definition) is 4. The molecule has 0 saturated carbocycles. The van der Waals surface area contributed by atoms with Crippen molar-refractivity contribution in [3.63, 3.8) is 0 Å². The average Bonchev–Trinajstić information content (AvgIpc) is 3.19. The van der Waals surface area contributed by atoms with Gasteiger partial charge in [0.25, 0.3) is 0 Å². The van der Waals surface area contributed by atoms with Gasteiger partial charge in [-0.05, 0) is 68.9 Å². The van der Waals surface area contributed by atoms with E-state index in [1.54, 1.807) is 6.08 Å². The van der Waals surface area contributed by atoms with E-state index in [9.17, 15) is 9.90 Å². The normalized spacial score (nSPS) is 29.8. The van der Waals surface area contributed by atoms with E-state index in [1.165, 1.54) is 5.56 Å². The van der Waals surface area contributed by atoms with E-state index in [-0.39, 0.29) is 12.0 Å². The van der Waals surface area contributed by atoms with Gasteiger partial charge < -0.3 is 10.4 Å². The number of piperidine rings is 1. The number of H-pyrrole nitrogens is 1. The lowest BCUT2D eigenvalue weighted by molar-refractivity contribution is -0.132. The fraction of sp³-hybridized carbons (Fsp3) is 0.423. The second-order valence-electron chi connectivity index (χ2n) is 9.33. The van der Waals surface area contributed by atoms with Gasteiger partial charge >= 0.3 is 5.97 Å². The molecule has 166 valence electrons. The molecule has 6 heteroatoms. The van der Waals surface area contributed by atoms with Crippen LogP contribution in [0, 0.1) is 24.7 Å². The molecule has 0 radical (unpaired) electrons. The van der Waals surface area contributed by atoms with Crippen LogP contribution in [0.25, 0.3) is 11.4 Å². The number of hydrogen-bond donors (Lipinski definition) is 3. The van der Waals surface area contributed by atoms with E-state index in [4.69, 9.17) is 0 Å². The monoisotopic (exact) mass is 430 g/mol. The lowest BCUT2D eigenvalue weighted by Crippen LogP contribution is -2.43. The van der Waals surface area contributed by atoms with E-state index in [0.29, 0.717) is 29.9 Å². The van der Waals surface area contributed by atoms with Crippen LogP contribution in [0.1, 0.15) is 49.4 Å². The molecule has 32 heavy (non-hydrogen) atoms. The molecule has 2 aliphatic carbocycles. The Morgan fingerprint density at radius 1 is 1.19 bits per heavy atom. The molecule has 1 aliphatic heterocycles. The predicted molar refractivity (Wildman–Crippen MR) is 124 cm³/mol. The summed E-state index contributed by atoms with van der Waals surface area (Å²) in [4.78, 5) is 16.2. The Morgan fingerprint density at radius 3 is 2.94 bits per heavy atom. The highest BCUT2D eigenvalue weighted by Gasteiger charge is 2.36. The van der Waals surface area contributed by atoms with Crippen LogP contribution in [-0.2, 0) is 4.79 Å². The van der Waals surface area contributed by atoms with Crippen LogP contribution in [0.15, 0.2) is 60.3 Å². The van der Waals surface area contributed by atoms with Crippen LogP contribution < -0.4 is 5.32 Å². The maximum atomic E-state index is 11.5. The molecule has 6 nitrogen and oxygen atoms in total. The fourth-order valence-corrected chi connectivity index (χ4v) is 5.58. The topological polar surface area (TPSA) is 90.9 Å². The van der Waals surface area contributed by atoms with Crippen LogP contribution in [0.3, 0.4) is 0 Å². The van der Waals surface area contributed by atoms with Crippen molar-refractivity contribution >= 4 is 5.97 Å². The number of carboxylic acids is 1. The fourth-order valence-electron chi connectivity index (χ4n) is 5.58. The minimum absolute atomic E-state index is 0.232. The molecular weight excluding hydrogens is 400 g/mol. The molecule has 3 aliphatic rings. The third-order valence-corrected chi connectivity index (χ3v) is 7.27. The number of carbonyl (C=O) groups is 1. The Kier molecular flexibility index (Phi) is 5.79. The first-order valence-corrected chi connectivity index (χ1v) is 11.6. The van der Waals surface area contributed by atoms with E-state index in [0.717, 1.165) is 42.8 Å². The van der Waals surface area contributed by atoms with Gasteiger partial charge in [0.2, 0.25) is 0 Å². The predicted octanol–water partition coefficient (Wildman–Crippen LogP) is 4.74. The highest BCUT2D eigenvalue weighted by Crippen LogP contribution is 2.40. The zero-order valence-corrected chi connectivity index (χ0v) is 18.4. The quantitative estimate of drug-likeness (QED) is 0.610. The summed E-state index contributed by atoms with van der Waals surface area (Å²) < 4.78 is 0. The number of aromatic amines is 1. The number of nitrogens with one attached hydrogen (secondary N) is 2. The molecule has 0 bridgehead atoms. The van der Waals surface area contributed by atoms with Gasteiger partial charge in [0.1, 0.15) is 5.69 Å². The number of nitrogens with zero attached hydrogens (tertiary/aromatic N) is 2. The van der Waals surface area contributed by atoms with Gasteiger partial charge in [-0.15, -0.1) is 0 Å². The van der Waals surface area contributed by atoms with Crippen LogP contribution in [0.4, 0.5) is 0 Å². The van der Waals surface area contributed by atoms with Gasteiger partial charge in [0.15, 0.2) is 0 Å². The first-order chi connectivity index (χ1) is 15.6. The summed E-state index contributed by atoms with van der Waals surface area (Å²) in [5.74, 6) is 0.437. The molecular formula is C26H30N4O2. The molecule has 2 aromatic rings. The van der Waals surface area contributed by atoms with Crippen molar-refractivity contribution < 1.29 is 9.90 Å². The third kappa shape index (κ3) is 4.19. The van der Waals surface area contributed by atoms with Crippen molar-refractivity contribution in [3.8, 4) is 11.4 Å². The van der Waals surface area contributed by atoms with Crippen molar-refractivity contribution in [1.82, 2.24) is 20.5 Å². The van der Waals surface area contributed by atoms with Crippen molar-refractivity contribution in [2.45, 2.75) is 51.1 Å². The van der Waals surface area contributed by atoms with E-state index < -0.39 is 5.97 Å². The zero-order valence-electron chi connectivity index (χ0n) is 18.4. The van der Waals surface area contributed by atoms with Crippen molar-refractivity contribution in [1.29, 1.82) is 0 Å². The Morgan fingerprint density at radius 2 is 2.09 bits per heavy atom. The summed E-state index contributed by atoms with van der Waals surface area (Å²) in [5.41, 5.74) is 4.52. The third-order valence-electron chi connectivity index (χ3n) is 7.27. The zero-order chi connectivity index (χ0) is 22.1. The van der Waals surface area contributed by atoms with Gasteiger partial charge in [-0.1, -0.05) is 36.4 Å². The van der Waals surface area contributed by atoms with Crippen molar-refractivity contribution in [2.75, 3.05) is 0 Å². The highest BCUT2D eigenvalue weighted by molar-refractivity contribution is 5.87. The number of allylic oxidation sites excluding steroid dienone is 4. The van der Waals surface area contributed by atoms with Crippen molar-refractivity contribution in [3.05, 3.63) is 71.6 Å². The lowest BCUT2D eigenvalue weighted by Gasteiger charge is -2.38. The largest absolute Gasteiger partial charge is 0.478 e. The maximum Gasteiger partial charge on any atom is 0.331 e. The second kappa shape index (κ2) is 8.87. The molecule has 1 saturated heterocycles. The summed E-state index contributed by atoms with van der Waals surface area (Å²) in [7, 11) is 0. The van der Waals surface area contributed by atoms with Crippen LogP contribution in [-0.4, -0.2) is 32.3 Å². The highest BCUT2D eigenvalue weighted by atomic mass is 16.4. The van der Waals surface area contributed by atoms with Gasteiger partial charge in [-0.2, -0.15) is 5.10 Å². The summed E-state index contributed by atoms with van der Waals surface area (Å²) in [5, 5.41) is 20.9. The molecule has 5 atom stereocenters. The molecule has 5 unspecified atom stereocenters.